The Morgan fingerprint density at radius 3 is 2.94 bits per heavy atom. The molecule has 0 bridgehead atoms. The standard InChI is InChI=1S/C12H20N4O/c1-15-6-3-2-4-10(15)12-13-11-8-9(17)5-7-16(11)14-12/h9-10,17H,2-8H2,1H3. The summed E-state index contributed by atoms with van der Waals surface area (Å²) in [6.07, 6.45) is 4.92. The van der Waals surface area contributed by atoms with E-state index in [-0.39, 0.29) is 6.10 Å². The fraction of sp³-hybridized carbons (Fsp3) is 0.833. The van der Waals surface area contributed by atoms with Crippen LogP contribution in [-0.2, 0) is 13.0 Å². The number of fused-ring (bicyclic) bond motifs is 1. The Hall–Kier alpha value is -0.940. The van der Waals surface area contributed by atoms with Crippen LogP contribution in [0.25, 0.3) is 0 Å². The van der Waals surface area contributed by atoms with Crippen LogP contribution in [-0.4, -0.2) is 44.5 Å². The topological polar surface area (TPSA) is 54.2 Å². The lowest BCUT2D eigenvalue weighted by atomic mass is 10.0. The summed E-state index contributed by atoms with van der Waals surface area (Å²) in [4.78, 5) is 6.97. The van der Waals surface area contributed by atoms with E-state index in [1.54, 1.807) is 0 Å². The molecule has 2 atom stereocenters. The monoisotopic (exact) mass is 236 g/mol. The maximum Gasteiger partial charge on any atom is 0.168 e. The molecule has 17 heavy (non-hydrogen) atoms. The van der Waals surface area contributed by atoms with Gasteiger partial charge in [0.25, 0.3) is 0 Å². The van der Waals surface area contributed by atoms with Crippen LogP contribution < -0.4 is 0 Å². The van der Waals surface area contributed by atoms with Gasteiger partial charge in [0.2, 0.25) is 0 Å². The number of hydrogen-bond donors (Lipinski definition) is 1. The Morgan fingerprint density at radius 1 is 1.24 bits per heavy atom. The molecule has 1 fully saturated rings. The summed E-state index contributed by atoms with van der Waals surface area (Å²) >= 11 is 0. The SMILES string of the molecule is CN1CCCCC1c1nc2n(n1)CCC(O)C2. The average Bonchev–Trinajstić information content (AvgIpc) is 2.72. The molecule has 1 N–H and O–H groups in total. The van der Waals surface area contributed by atoms with Crippen molar-refractivity contribution < 1.29 is 5.11 Å². The second-order valence-electron chi connectivity index (χ2n) is 5.25. The summed E-state index contributed by atoms with van der Waals surface area (Å²) in [6.45, 7) is 1.94. The Bertz CT molecular complexity index is 403. The van der Waals surface area contributed by atoms with E-state index in [2.05, 4.69) is 22.0 Å². The first-order valence-corrected chi connectivity index (χ1v) is 6.56. The predicted molar refractivity (Wildman–Crippen MR) is 63.6 cm³/mol. The van der Waals surface area contributed by atoms with E-state index in [0.717, 1.165) is 37.6 Å². The van der Waals surface area contributed by atoms with Gasteiger partial charge < -0.3 is 5.11 Å². The van der Waals surface area contributed by atoms with Crippen LogP contribution in [0.4, 0.5) is 0 Å². The molecule has 1 aromatic heterocycles. The van der Waals surface area contributed by atoms with E-state index in [0.29, 0.717) is 12.5 Å². The van der Waals surface area contributed by atoms with E-state index in [1.807, 2.05) is 4.68 Å². The van der Waals surface area contributed by atoms with Gasteiger partial charge in [-0.15, -0.1) is 0 Å². The minimum atomic E-state index is -0.233. The van der Waals surface area contributed by atoms with Gasteiger partial charge in [0.05, 0.1) is 12.1 Å². The molecule has 2 aliphatic rings. The van der Waals surface area contributed by atoms with E-state index < -0.39 is 0 Å². The van der Waals surface area contributed by atoms with Crippen molar-refractivity contribution >= 4 is 0 Å². The van der Waals surface area contributed by atoms with Crippen LogP contribution in [0.2, 0.25) is 0 Å². The third-order valence-electron chi connectivity index (χ3n) is 3.93. The van der Waals surface area contributed by atoms with Gasteiger partial charge >= 0.3 is 0 Å². The number of hydrogen-bond acceptors (Lipinski definition) is 4. The van der Waals surface area contributed by atoms with E-state index in [1.165, 1.54) is 12.8 Å². The molecule has 2 unspecified atom stereocenters. The van der Waals surface area contributed by atoms with Gasteiger partial charge in [-0.2, -0.15) is 5.10 Å². The zero-order valence-corrected chi connectivity index (χ0v) is 10.3. The number of aliphatic hydroxyl groups excluding tert-OH is 1. The second kappa shape index (κ2) is 4.38. The summed E-state index contributed by atoms with van der Waals surface area (Å²) in [5.74, 6) is 1.91. The smallest absolute Gasteiger partial charge is 0.168 e. The van der Waals surface area contributed by atoms with E-state index in [9.17, 15) is 5.11 Å². The Morgan fingerprint density at radius 2 is 2.12 bits per heavy atom. The molecule has 0 radical (unpaired) electrons. The molecule has 0 aromatic carbocycles. The normalized spacial score (nSPS) is 30.2. The first kappa shape index (κ1) is 11.2. The Balaban J connectivity index is 1.84. The number of aromatic nitrogens is 3. The van der Waals surface area contributed by atoms with Crippen LogP contribution in [0, 0.1) is 0 Å². The molecule has 0 saturated carbocycles. The first-order chi connectivity index (χ1) is 8.24. The maximum atomic E-state index is 9.64. The molecule has 0 amide bonds. The van der Waals surface area contributed by atoms with Crippen molar-refractivity contribution in [2.75, 3.05) is 13.6 Å². The third kappa shape index (κ3) is 2.09. The van der Waals surface area contributed by atoms with Crippen molar-refractivity contribution in [2.45, 2.75) is 50.8 Å². The number of aliphatic hydroxyl groups is 1. The number of likely N-dealkylation sites (tertiary alicyclic amines) is 1. The number of rotatable bonds is 1. The highest BCUT2D eigenvalue weighted by Gasteiger charge is 2.27. The molecule has 1 aromatic rings. The van der Waals surface area contributed by atoms with Crippen LogP contribution in [0.5, 0.6) is 0 Å². The van der Waals surface area contributed by atoms with E-state index in [4.69, 9.17) is 0 Å². The summed E-state index contributed by atoms with van der Waals surface area (Å²) in [5.41, 5.74) is 0. The Labute approximate surface area is 101 Å². The van der Waals surface area contributed by atoms with Crippen molar-refractivity contribution in [3.8, 4) is 0 Å². The number of piperidine rings is 1. The largest absolute Gasteiger partial charge is 0.393 e. The van der Waals surface area contributed by atoms with E-state index >= 15 is 0 Å². The third-order valence-corrected chi connectivity index (χ3v) is 3.93. The average molecular weight is 236 g/mol. The van der Waals surface area contributed by atoms with Crippen molar-refractivity contribution in [3.63, 3.8) is 0 Å². The molecule has 0 spiro atoms. The van der Waals surface area contributed by atoms with Crippen LogP contribution >= 0.6 is 0 Å². The summed E-state index contributed by atoms with van der Waals surface area (Å²) in [7, 11) is 2.15. The van der Waals surface area contributed by atoms with Crippen molar-refractivity contribution in [3.05, 3.63) is 11.6 Å². The molecular weight excluding hydrogens is 216 g/mol. The summed E-state index contributed by atoms with van der Waals surface area (Å²) in [5, 5.41) is 14.2. The molecule has 2 aliphatic heterocycles. The summed E-state index contributed by atoms with van der Waals surface area (Å²) in [6, 6.07) is 0.374. The number of nitrogens with zero attached hydrogens (tertiary/aromatic N) is 4. The second-order valence-corrected chi connectivity index (χ2v) is 5.25. The molecule has 3 rings (SSSR count). The lowest BCUT2D eigenvalue weighted by molar-refractivity contribution is 0.138. The molecule has 1 saturated heterocycles. The molecule has 0 aliphatic carbocycles. The fourth-order valence-electron chi connectivity index (χ4n) is 2.85. The highest BCUT2D eigenvalue weighted by molar-refractivity contribution is 5.03. The van der Waals surface area contributed by atoms with Gasteiger partial charge in [-0.05, 0) is 32.9 Å². The van der Waals surface area contributed by atoms with Crippen LogP contribution in [0.15, 0.2) is 0 Å². The zero-order chi connectivity index (χ0) is 11.8. The van der Waals surface area contributed by atoms with Crippen molar-refractivity contribution in [2.24, 2.45) is 0 Å². The van der Waals surface area contributed by atoms with Gasteiger partial charge in [0, 0.05) is 13.0 Å². The molecule has 5 heteroatoms. The van der Waals surface area contributed by atoms with Crippen molar-refractivity contribution in [1.82, 2.24) is 19.7 Å². The predicted octanol–water partition coefficient (Wildman–Crippen LogP) is 0.742. The number of aryl methyl sites for hydroxylation is 1. The molecule has 94 valence electrons. The minimum Gasteiger partial charge on any atom is -0.393 e. The highest BCUT2D eigenvalue weighted by Crippen LogP contribution is 2.28. The lowest BCUT2D eigenvalue weighted by Crippen LogP contribution is -2.30. The van der Waals surface area contributed by atoms with Gasteiger partial charge in [-0.25, -0.2) is 9.67 Å². The molecule has 5 nitrogen and oxygen atoms in total. The Kier molecular flexibility index (Phi) is 2.88. The van der Waals surface area contributed by atoms with Crippen LogP contribution in [0.3, 0.4) is 0 Å². The van der Waals surface area contributed by atoms with Gasteiger partial charge in [0.1, 0.15) is 5.82 Å². The first-order valence-electron chi connectivity index (χ1n) is 6.56. The van der Waals surface area contributed by atoms with Crippen LogP contribution in [0.1, 0.15) is 43.4 Å². The lowest BCUT2D eigenvalue weighted by Gasteiger charge is -2.30. The minimum absolute atomic E-state index is 0.233. The zero-order valence-electron chi connectivity index (χ0n) is 10.3. The molecule has 3 heterocycles. The van der Waals surface area contributed by atoms with Gasteiger partial charge in [-0.3, -0.25) is 4.90 Å². The van der Waals surface area contributed by atoms with Crippen molar-refractivity contribution in [1.29, 1.82) is 0 Å². The fourth-order valence-corrected chi connectivity index (χ4v) is 2.85. The quantitative estimate of drug-likeness (QED) is 0.781. The van der Waals surface area contributed by atoms with Gasteiger partial charge in [0.15, 0.2) is 5.82 Å². The van der Waals surface area contributed by atoms with Gasteiger partial charge in [-0.1, -0.05) is 6.42 Å². The summed E-state index contributed by atoms with van der Waals surface area (Å²) < 4.78 is 1.98. The maximum absolute atomic E-state index is 9.64. The molecular formula is C12H20N4O. The highest BCUT2D eigenvalue weighted by atomic mass is 16.3.